The van der Waals surface area contributed by atoms with Crippen molar-refractivity contribution in [2.24, 2.45) is 5.92 Å². The standard InChI is InChI=1S/C12H15ClN4/c1-7-8(2)12-15-14-10(6-9-4-3-5-9)17(12)16-11(7)13/h9H,3-6H2,1-2H3. The topological polar surface area (TPSA) is 43.1 Å². The zero-order valence-corrected chi connectivity index (χ0v) is 10.8. The van der Waals surface area contributed by atoms with E-state index in [0.717, 1.165) is 34.9 Å². The summed E-state index contributed by atoms with van der Waals surface area (Å²) in [6.45, 7) is 3.98. The van der Waals surface area contributed by atoms with Crippen molar-refractivity contribution in [1.82, 2.24) is 19.8 Å². The van der Waals surface area contributed by atoms with Crippen molar-refractivity contribution < 1.29 is 0 Å². The molecule has 1 aliphatic carbocycles. The van der Waals surface area contributed by atoms with Crippen LogP contribution in [0.5, 0.6) is 0 Å². The Morgan fingerprint density at radius 2 is 2.00 bits per heavy atom. The van der Waals surface area contributed by atoms with Crippen LogP contribution < -0.4 is 0 Å². The molecule has 90 valence electrons. The van der Waals surface area contributed by atoms with Gasteiger partial charge in [0.2, 0.25) is 0 Å². The molecular formula is C12H15ClN4. The smallest absolute Gasteiger partial charge is 0.181 e. The maximum atomic E-state index is 6.12. The van der Waals surface area contributed by atoms with Crippen LogP contribution in [0.2, 0.25) is 5.15 Å². The van der Waals surface area contributed by atoms with E-state index in [9.17, 15) is 0 Å². The number of hydrogen-bond acceptors (Lipinski definition) is 3. The van der Waals surface area contributed by atoms with Gasteiger partial charge in [-0.3, -0.25) is 0 Å². The van der Waals surface area contributed by atoms with Crippen LogP contribution in [0.1, 0.15) is 36.2 Å². The quantitative estimate of drug-likeness (QED) is 0.823. The normalized spacial score (nSPS) is 16.4. The van der Waals surface area contributed by atoms with Crippen molar-refractivity contribution in [1.29, 1.82) is 0 Å². The number of halogens is 1. The Hall–Kier alpha value is -1.16. The van der Waals surface area contributed by atoms with Gasteiger partial charge in [-0.2, -0.15) is 9.61 Å². The molecule has 2 aromatic rings. The van der Waals surface area contributed by atoms with Gasteiger partial charge in [0, 0.05) is 12.0 Å². The summed E-state index contributed by atoms with van der Waals surface area (Å²) in [5.41, 5.74) is 2.89. The Labute approximate surface area is 105 Å². The van der Waals surface area contributed by atoms with E-state index in [1.165, 1.54) is 19.3 Å². The van der Waals surface area contributed by atoms with Gasteiger partial charge in [-0.15, -0.1) is 10.2 Å². The van der Waals surface area contributed by atoms with E-state index >= 15 is 0 Å². The molecule has 3 rings (SSSR count). The molecule has 1 saturated carbocycles. The van der Waals surface area contributed by atoms with E-state index in [4.69, 9.17) is 11.6 Å². The third kappa shape index (κ3) is 1.71. The van der Waals surface area contributed by atoms with Crippen LogP contribution in [0.4, 0.5) is 0 Å². The Morgan fingerprint density at radius 1 is 1.24 bits per heavy atom. The molecule has 0 saturated heterocycles. The van der Waals surface area contributed by atoms with Gasteiger partial charge < -0.3 is 0 Å². The summed E-state index contributed by atoms with van der Waals surface area (Å²) in [6.07, 6.45) is 4.90. The zero-order chi connectivity index (χ0) is 12.0. The van der Waals surface area contributed by atoms with Gasteiger partial charge in [-0.25, -0.2) is 0 Å². The van der Waals surface area contributed by atoms with Crippen molar-refractivity contribution in [2.45, 2.75) is 39.5 Å². The lowest BCUT2D eigenvalue weighted by Gasteiger charge is -2.23. The average Bonchev–Trinajstić information content (AvgIpc) is 2.64. The number of aromatic nitrogens is 4. The SMILES string of the molecule is Cc1c(Cl)nn2c(CC3CCC3)nnc2c1C. The lowest BCUT2D eigenvalue weighted by atomic mass is 9.83. The van der Waals surface area contributed by atoms with Crippen LogP contribution in [-0.4, -0.2) is 19.8 Å². The molecule has 0 spiro atoms. The minimum absolute atomic E-state index is 0.546. The predicted molar refractivity (Wildman–Crippen MR) is 66.3 cm³/mol. The van der Waals surface area contributed by atoms with Crippen LogP contribution in [0.25, 0.3) is 5.65 Å². The third-order valence-corrected chi connectivity index (χ3v) is 4.16. The molecule has 2 aromatic heterocycles. The largest absolute Gasteiger partial charge is 0.196 e. The van der Waals surface area contributed by atoms with Crippen LogP contribution in [-0.2, 0) is 6.42 Å². The van der Waals surface area contributed by atoms with Crippen molar-refractivity contribution in [2.75, 3.05) is 0 Å². The number of nitrogens with zero attached hydrogens (tertiary/aromatic N) is 4. The van der Waals surface area contributed by atoms with Gasteiger partial charge in [0.15, 0.2) is 16.6 Å². The van der Waals surface area contributed by atoms with E-state index in [0.29, 0.717) is 5.15 Å². The van der Waals surface area contributed by atoms with Gasteiger partial charge in [0.1, 0.15) is 0 Å². The predicted octanol–water partition coefficient (Wildman–Crippen LogP) is 2.74. The van der Waals surface area contributed by atoms with Crippen LogP contribution in [0, 0.1) is 19.8 Å². The monoisotopic (exact) mass is 250 g/mol. The molecule has 4 nitrogen and oxygen atoms in total. The zero-order valence-electron chi connectivity index (χ0n) is 10.1. The lowest BCUT2D eigenvalue weighted by molar-refractivity contribution is 0.307. The molecule has 0 N–H and O–H groups in total. The first kappa shape index (κ1) is 11.0. The molecule has 1 aliphatic rings. The van der Waals surface area contributed by atoms with E-state index < -0.39 is 0 Å². The van der Waals surface area contributed by atoms with Gasteiger partial charge in [0.25, 0.3) is 0 Å². The molecule has 0 unspecified atom stereocenters. The molecule has 0 aliphatic heterocycles. The first-order chi connectivity index (χ1) is 8.16. The molecule has 0 radical (unpaired) electrons. The van der Waals surface area contributed by atoms with Crippen molar-refractivity contribution in [3.8, 4) is 0 Å². The van der Waals surface area contributed by atoms with Gasteiger partial charge in [-0.05, 0) is 25.3 Å². The summed E-state index contributed by atoms with van der Waals surface area (Å²) >= 11 is 6.12. The highest BCUT2D eigenvalue weighted by Crippen LogP contribution is 2.29. The number of aryl methyl sites for hydroxylation is 1. The van der Waals surface area contributed by atoms with Crippen LogP contribution in [0.15, 0.2) is 0 Å². The maximum Gasteiger partial charge on any atom is 0.181 e. The van der Waals surface area contributed by atoms with Crippen molar-refractivity contribution in [3.63, 3.8) is 0 Å². The fourth-order valence-corrected chi connectivity index (χ4v) is 2.44. The summed E-state index contributed by atoms with van der Waals surface area (Å²) in [5, 5.41) is 13.4. The molecule has 0 aromatic carbocycles. The van der Waals surface area contributed by atoms with Gasteiger partial charge >= 0.3 is 0 Å². The third-order valence-electron chi connectivity index (χ3n) is 3.80. The van der Waals surface area contributed by atoms with Gasteiger partial charge in [0.05, 0.1) is 0 Å². The fourth-order valence-electron chi connectivity index (χ4n) is 2.22. The van der Waals surface area contributed by atoms with Crippen molar-refractivity contribution >= 4 is 17.2 Å². The number of hydrogen-bond donors (Lipinski definition) is 0. The summed E-state index contributed by atoms with van der Waals surface area (Å²) in [5.74, 6) is 1.69. The van der Waals surface area contributed by atoms with Crippen molar-refractivity contribution in [3.05, 3.63) is 22.1 Å². The van der Waals surface area contributed by atoms with E-state index in [2.05, 4.69) is 15.3 Å². The molecule has 2 heterocycles. The van der Waals surface area contributed by atoms with Crippen LogP contribution in [0.3, 0.4) is 0 Å². The maximum absolute atomic E-state index is 6.12. The Bertz CT molecular complexity index is 571. The molecule has 0 atom stereocenters. The lowest BCUT2D eigenvalue weighted by Crippen LogP contribution is -2.16. The average molecular weight is 251 g/mol. The molecule has 17 heavy (non-hydrogen) atoms. The summed E-state index contributed by atoms with van der Waals surface area (Å²) in [7, 11) is 0. The van der Waals surface area contributed by atoms with Gasteiger partial charge in [-0.1, -0.05) is 30.9 Å². The second-order valence-electron chi connectivity index (χ2n) is 4.89. The summed E-state index contributed by atoms with van der Waals surface area (Å²) in [6, 6.07) is 0. The molecule has 5 heteroatoms. The molecule has 0 bridgehead atoms. The number of fused-ring (bicyclic) bond motifs is 1. The Morgan fingerprint density at radius 3 is 2.65 bits per heavy atom. The first-order valence-electron chi connectivity index (χ1n) is 6.04. The highest BCUT2D eigenvalue weighted by atomic mass is 35.5. The molecule has 1 fully saturated rings. The van der Waals surface area contributed by atoms with E-state index in [1.54, 1.807) is 0 Å². The summed E-state index contributed by atoms with van der Waals surface area (Å²) in [4.78, 5) is 0. The fraction of sp³-hybridized carbons (Fsp3) is 0.583. The first-order valence-corrected chi connectivity index (χ1v) is 6.41. The van der Waals surface area contributed by atoms with E-state index in [1.807, 2.05) is 18.4 Å². The second kappa shape index (κ2) is 3.95. The Balaban J connectivity index is 2.08. The van der Waals surface area contributed by atoms with E-state index in [-0.39, 0.29) is 0 Å². The minimum atomic E-state index is 0.546. The minimum Gasteiger partial charge on any atom is -0.196 e. The van der Waals surface area contributed by atoms with Crippen LogP contribution >= 0.6 is 11.6 Å². The second-order valence-corrected chi connectivity index (χ2v) is 5.25. The molecule has 0 amide bonds. The molecular weight excluding hydrogens is 236 g/mol. The Kier molecular flexibility index (Phi) is 2.54. The highest BCUT2D eigenvalue weighted by Gasteiger charge is 2.21. The summed E-state index contributed by atoms with van der Waals surface area (Å²) < 4.78 is 1.81. The number of rotatable bonds is 2. The highest BCUT2D eigenvalue weighted by molar-refractivity contribution is 6.30.